The van der Waals surface area contributed by atoms with E-state index in [1.165, 1.54) is 23.1 Å². The third-order valence-electron chi connectivity index (χ3n) is 4.37. The van der Waals surface area contributed by atoms with Gasteiger partial charge in [0.15, 0.2) is 0 Å². The summed E-state index contributed by atoms with van der Waals surface area (Å²) in [6.07, 6.45) is -3.23. The summed E-state index contributed by atoms with van der Waals surface area (Å²) in [7, 11) is 1.54. The van der Waals surface area contributed by atoms with Crippen LogP contribution in [-0.2, 0) is 11.0 Å². The molecule has 5 nitrogen and oxygen atoms in total. The van der Waals surface area contributed by atoms with Crippen molar-refractivity contribution < 1.29 is 27.8 Å². The van der Waals surface area contributed by atoms with E-state index in [1.54, 1.807) is 7.05 Å². The topological polar surface area (TPSA) is 75.8 Å². The van der Waals surface area contributed by atoms with Crippen LogP contribution in [0.25, 0.3) is 0 Å². The molecule has 0 aliphatic heterocycles. The molecule has 1 aliphatic carbocycles. The molecule has 0 spiro atoms. The molecule has 8 heteroatoms. The van der Waals surface area contributed by atoms with E-state index in [1.807, 2.05) is 0 Å². The summed E-state index contributed by atoms with van der Waals surface area (Å²) in [6, 6.07) is 4.63. The molecule has 2 rings (SSSR count). The lowest BCUT2D eigenvalue weighted by molar-refractivity contribution is -0.139. The lowest BCUT2D eigenvalue weighted by Gasteiger charge is -2.25. The maximum absolute atomic E-state index is 12.9. The predicted octanol–water partition coefficient (Wildman–Crippen LogP) is 2.03. The molecule has 1 amide bonds. The Balaban J connectivity index is 1.89. The van der Waals surface area contributed by atoms with Crippen LogP contribution in [0.5, 0.6) is 5.75 Å². The van der Waals surface area contributed by atoms with Crippen LogP contribution in [0.3, 0.4) is 0 Å². The normalized spacial score (nSPS) is 21.8. The number of amides is 1. The van der Waals surface area contributed by atoms with Crippen LogP contribution in [0.1, 0.15) is 24.8 Å². The van der Waals surface area contributed by atoms with Crippen molar-refractivity contribution in [2.75, 3.05) is 20.2 Å². The highest BCUT2D eigenvalue weighted by Crippen LogP contribution is 2.35. The fourth-order valence-corrected chi connectivity index (χ4v) is 3.05. The number of benzene rings is 1. The fourth-order valence-electron chi connectivity index (χ4n) is 3.05. The second-order valence-corrected chi connectivity index (χ2v) is 6.38. The van der Waals surface area contributed by atoms with Gasteiger partial charge in [-0.15, -0.1) is 0 Å². The quantitative estimate of drug-likeness (QED) is 0.814. The highest BCUT2D eigenvalue weighted by molar-refractivity contribution is 5.79. The van der Waals surface area contributed by atoms with Crippen molar-refractivity contribution in [1.29, 1.82) is 0 Å². The Kier molecular flexibility index (Phi) is 6.29. The van der Waals surface area contributed by atoms with Crippen molar-refractivity contribution in [2.24, 2.45) is 11.7 Å². The zero-order chi connectivity index (χ0) is 18.6. The number of alkyl halides is 3. The van der Waals surface area contributed by atoms with Crippen LogP contribution in [-0.4, -0.2) is 48.3 Å². The molecule has 1 aromatic carbocycles. The largest absolute Gasteiger partial charge is 0.490 e. The van der Waals surface area contributed by atoms with Crippen molar-refractivity contribution in [3.63, 3.8) is 0 Å². The van der Waals surface area contributed by atoms with Gasteiger partial charge in [-0.3, -0.25) is 4.79 Å². The summed E-state index contributed by atoms with van der Waals surface area (Å²) in [5.74, 6) is -0.760. The van der Waals surface area contributed by atoms with E-state index < -0.39 is 17.8 Å². The molecule has 0 unspecified atom stereocenters. The third kappa shape index (κ3) is 5.09. The molecular weight excluding hydrogens is 337 g/mol. The van der Waals surface area contributed by atoms with Gasteiger partial charge in [-0.25, -0.2) is 0 Å². The highest BCUT2D eigenvalue weighted by atomic mass is 19.4. The van der Waals surface area contributed by atoms with Gasteiger partial charge in [0.2, 0.25) is 5.91 Å². The Bertz CT molecular complexity index is 595. The van der Waals surface area contributed by atoms with Crippen molar-refractivity contribution in [2.45, 2.75) is 37.6 Å². The molecule has 0 saturated heterocycles. The van der Waals surface area contributed by atoms with E-state index in [0.717, 1.165) is 25.3 Å². The molecular formula is C17H23F3N2O3. The minimum absolute atomic E-state index is 0.0315. The molecule has 3 N–H and O–H groups in total. The molecule has 1 fully saturated rings. The summed E-state index contributed by atoms with van der Waals surface area (Å²) in [5.41, 5.74) is 5.00. The number of aliphatic hydroxyl groups is 1. The molecule has 3 atom stereocenters. The summed E-state index contributed by atoms with van der Waals surface area (Å²) in [6.45, 7) is -0.377. The third-order valence-corrected chi connectivity index (χ3v) is 4.37. The molecule has 1 aromatic rings. The number of nitrogens with two attached hydrogens (primary N) is 1. The van der Waals surface area contributed by atoms with Crippen LogP contribution in [0, 0.1) is 5.92 Å². The second-order valence-electron chi connectivity index (χ2n) is 6.38. The summed E-state index contributed by atoms with van der Waals surface area (Å²) in [5, 5.41) is 10.0. The van der Waals surface area contributed by atoms with E-state index in [9.17, 15) is 23.1 Å². The Morgan fingerprint density at radius 2 is 2.08 bits per heavy atom. The lowest BCUT2D eigenvalue weighted by atomic mass is 10.0. The average Bonchev–Trinajstić information content (AvgIpc) is 2.97. The maximum atomic E-state index is 12.9. The Hall–Kier alpha value is -1.80. The number of carbonyl (C=O) groups excluding carboxylic acids is 1. The summed E-state index contributed by atoms with van der Waals surface area (Å²) < 4.78 is 43.8. The van der Waals surface area contributed by atoms with Gasteiger partial charge in [-0.1, -0.05) is 18.6 Å². The zero-order valence-corrected chi connectivity index (χ0v) is 14.0. The van der Waals surface area contributed by atoms with Gasteiger partial charge < -0.3 is 20.5 Å². The lowest BCUT2D eigenvalue weighted by Crippen LogP contribution is -2.43. The zero-order valence-electron chi connectivity index (χ0n) is 14.0. The van der Waals surface area contributed by atoms with Crippen LogP contribution in [0.2, 0.25) is 0 Å². The number of hydrogen-bond donors (Lipinski definition) is 2. The standard InChI is InChI=1S/C17H23F3N2O3/c1-22(16(24)12-5-4-7-14(12)21)9-11(23)10-25-15-8-3-2-6-13(15)17(18,19)20/h2-3,6,8,11-12,14,23H,4-5,7,9-10,21H2,1H3/t11-,12+,14-/m0/s1. The summed E-state index contributed by atoms with van der Waals surface area (Å²) >= 11 is 0. The van der Waals surface area contributed by atoms with Gasteiger partial charge in [0.05, 0.1) is 11.5 Å². The smallest absolute Gasteiger partial charge is 0.419 e. The summed E-state index contributed by atoms with van der Waals surface area (Å²) in [4.78, 5) is 13.7. The first-order valence-electron chi connectivity index (χ1n) is 8.17. The minimum atomic E-state index is -4.53. The number of halogens is 3. The van der Waals surface area contributed by atoms with E-state index in [4.69, 9.17) is 10.5 Å². The van der Waals surface area contributed by atoms with Gasteiger partial charge in [0, 0.05) is 19.6 Å². The van der Waals surface area contributed by atoms with Crippen LogP contribution >= 0.6 is 0 Å². The van der Waals surface area contributed by atoms with Gasteiger partial charge in [0.1, 0.15) is 18.5 Å². The number of para-hydroxylation sites is 1. The highest BCUT2D eigenvalue weighted by Gasteiger charge is 2.35. The number of ether oxygens (including phenoxy) is 1. The van der Waals surface area contributed by atoms with Gasteiger partial charge in [-0.2, -0.15) is 13.2 Å². The first-order chi connectivity index (χ1) is 11.7. The van der Waals surface area contributed by atoms with Crippen LogP contribution in [0.4, 0.5) is 13.2 Å². The van der Waals surface area contributed by atoms with Crippen molar-refractivity contribution in [3.8, 4) is 5.75 Å². The molecule has 1 saturated carbocycles. The van der Waals surface area contributed by atoms with E-state index in [-0.39, 0.29) is 36.8 Å². The van der Waals surface area contributed by atoms with Crippen molar-refractivity contribution in [3.05, 3.63) is 29.8 Å². The number of aliphatic hydroxyl groups excluding tert-OH is 1. The minimum Gasteiger partial charge on any atom is -0.490 e. The number of carbonyl (C=O) groups is 1. The molecule has 0 radical (unpaired) electrons. The van der Waals surface area contributed by atoms with Gasteiger partial charge >= 0.3 is 6.18 Å². The number of nitrogens with zero attached hydrogens (tertiary/aromatic N) is 1. The Morgan fingerprint density at radius 1 is 1.40 bits per heavy atom. The number of likely N-dealkylation sites (N-methyl/N-ethyl adjacent to an activating group) is 1. The van der Waals surface area contributed by atoms with Crippen molar-refractivity contribution >= 4 is 5.91 Å². The second kappa shape index (κ2) is 8.05. The Labute approximate surface area is 144 Å². The van der Waals surface area contributed by atoms with Crippen LogP contribution in [0.15, 0.2) is 24.3 Å². The molecule has 25 heavy (non-hydrogen) atoms. The van der Waals surface area contributed by atoms with Crippen molar-refractivity contribution in [1.82, 2.24) is 4.90 Å². The molecule has 1 aliphatic rings. The first-order valence-corrected chi connectivity index (χ1v) is 8.17. The molecule has 0 aromatic heterocycles. The molecule has 0 heterocycles. The monoisotopic (exact) mass is 360 g/mol. The fraction of sp³-hybridized carbons (Fsp3) is 0.588. The molecule has 0 bridgehead atoms. The van der Waals surface area contributed by atoms with E-state index >= 15 is 0 Å². The predicted molar refractivity (Wildman–Crippen MR) is 85.9 cm³/mol. The SMILES string of the molecule is CN(C[C@H](O)COc1ccccc1C(F)(F)F)C(=O)[C@@H]1CCC[C@@H]1N. The van der Waals surface area contributed by atoms with E-state index in [2.05, 4.69) is 0 Å². The Morgan fingerprint density at radius 3 is 2.68 bits per heavy atom. The first kappa shape index (κ1) is 19.5. The maximum Gasteiger partial charge on any atom is 0.419 e. The van der Waals surface area contributed by atoms with E-state index in [0.29, 0.717) is 0 Å². The van der Waals surface area contributed by atoms with Gasteiger partial charge in [0.25, 0.3) is 0 Å². The average molecular weight is 360 g/mol. The van der Waals surface area contributed by atoms with Gasteiger partial charge in [-0.05, 0) is 25.0 Å². The number of hydrogen-bond acceptors (Lipinski definition) is 4. The number of rotatable bonds is 6. The molecule has 140 valence electrons. The van der Waals surface area contributed by atoms with Crippen LogP contribution < -0.4 is 10.5 Å².